The van der Waals surface area contributed by atoms with Crippen LogP contribution in [0.4, 0.5) is 4.79 Å². The highest BCUT2D eigenvalue weighted by Crippen LogP contribution is 2.44. The second kappa shape index (κ2) is 61.3. The normalized spacial score (nSPS) is 21.2. The van der Waals surface area contributed by atoms with Gasteiger partial charge < -0.3 is 83.4 Å². The summed E-state index contributed by atoms with van der Waals surface area (Å²) in [5, 5.41) is 39.5. The Bertz CT molecular complexity index is 2570. The van der Waals surface area contributed by atoms with E-state index in [1.165, 1.54) is 18.9 Å². The van der Waals surface area contributed by atoms with Crippen molar-refractivity contribution in [3.63, 3.8) is 0 Å². The lowest BCUT2D eigenvalue weighted by Gasteiger charge is -2.47. The van der Waals surface area contributed by atoms with E-state index in [2.05, 4.69) is 50.1 Å². The molecule has 2 fully saturated rings. The number of aliphatic hydroxyl groups excluding tert-OH is 3. The zero-order valence-electron chi connectivity index (χ0n) is 65.9. The first-order chi connectivity index (χ1) is 51.8. The van der Waals surface area contributed by atoms with E-state index in [1.807, 2.05) is 13.8 Å². The number of unbranched alkanes of at least 4 members (excludes halogenated alkanes) is 31. The van der Waals surface area contributed by atoms with Crippen LogP contribution in [0.1, 0.15) is 330 Å². The van der Waals surface area contributed by atoms with Gasteiger partial charge in [0.05, 0.1) is 45.0 Å². The number of phosphoric ester groups is 2. The molecule has 13 atom stereocenters. The molecule has 9 N–H and O–H groups in total. The van der Waals surface area contributed by atoms with Crippen molar-refractivity contribution in [3.8, 4) is 0 Å². The summed E-state index contributed by atoms with van der Waals surface area (Å²) in [7, 11) is -11.4. The maximum atomic E-state index is 14.9. The molecule has 0 radical (unpaired) electrons. The first kappa shape index (κ1) is 99.8. The second-order valence-corrected chi connectivity index (χ2v) is 31.4. The van der Waals surface area contributed by atoms with Gasteiger partial charge in [-0.3, -0.25) is 37.8 Å². The van der Waals surface area contributed by atoms with Gasteiger partial charge in [0.2, 0.25) is 11.8 Å². The molecule has 2 saturated heterocycles. The van der Waals surface area contributed by atoms with Crippen molar-refractivity contribution >= 4 is 57.3 Å². The van der Waals surface area contributed by atoms with Gasteiger partial charge in [-0.05, 0) is 70.6 Å². The number of aliphatic hydroxyl groups is 3. The van der Waals surface area contributed by atoms with E-state index in [0.29, 0.717) is 38.5 Å². The summed E-state index contributed by atoms with van der Waals surface area (Å²) in [6.07, 6.45) is 15.7. The van der Waals surface area contributed by atoms with Crippen LogP contribution in [0.3, 0.4) is 0 Å². The molecule has 2 heterocycles. The number of phosphoric acid groups is 2. The number of Topliss-reactive ketones (excluding diaryl/α,β-unsaturated/α-hetero) is 1. The molecule has 30 heteroatoms. The summed E-state index contributed by atoms with van der Waals surface area (Å²) < 4.78 is 83.2. The Morgan fingerprint density at radius 3 is 1.44 bits per heavy atom. The highest BCUT2D eigenvalue weighted by Gasteiger charge is 2.55. The third kappa shape index (κ3) is 48.6. The first-order valence-electron chi connectivity index (χ1n) is 41.0. The Balaban J connectivity index is 2.80. The van der Waals surface area contributed by atoms with E-state index in [0.717, 1.165) is 186 Å². The summed E-state index contributed by atoms with van der Waals surface area (Å²) in [6, 6.07) is -3.96. The molecule has 2 rings (SSSR count). The summed E-state index contributed by atoms with van der Waals surface area (Å²) >= 11 is 0. The molecule has 0 spiro atoms. The predicted molar refractivity (Wildman–Crippen MR) is 407 cm³/mol. The van der Waals surface area contributed by atoms with Gasteiger partial charge in [-0.2, -0.15) is 0 Å². The van der Waals surface area contributed by atoms with Crippen LogP contribution in [0, 0.1) is 0 Å². The van der Waals surface area contributed by atoms with Crippen molar-refractivity contribution in [1.29, 1.82) is 0 Å². The van der Waals surface area contributed by atoms with Gasteiger partial charge in [-0.25, -0.2) is 13.9 Å². The number of esters is 3. The van der Waals surface area contributed by atoms with Crippen molar-refractivity contribution in [1.82, 2.24) is 10.6 Å². The van der Waals surface area contributed by atoms with Crippen molar-refractivity contribution in [2.75, 3.05) is 19.8 Å². The molecular weight excluding hydrogens is 1440 g/mol. The minimum atomic E-state index is -5.69. The molecule has 0 bridgehead atoms. The molecule has 0 aromatic heterocycles. The van der Waals surface area contributed by atoms with Crippen LogP contribution < -0.4 is 10.6 Å². The molecule has 0 saturated carbocycles. The van der Waals surface area contributed by atoms with E-state index in [-0.39, 0.29) is 38.7 Å². The third-order valence-electron chi connectivity index (χ3n) is 19.2. The molecule has 2 amide bonds. The maximum absolute atomic E-state index is 14.9. The summed E-state index contributed by atoms with van der Waals surface area (Å²) in [5.41, 5.74) is 0. The Morgan fingerprint density at radius 1 is 0.481 bits per heavy atom. The van der Waals surface area contributed by atoms with Crippen LogP contribution >= 0.6 is 15.6 Å². The van der Waals surface area contributed by atoms with Gasteiger partial charge >= 0.3 is 39.7 Å². The quantitative estimate of drug-likeness (QED) is 0.00682. The number of hydrogen-bond acceptors (Lipinski definition) is 22. The molecular formula is C78H140N2O26P2. The number of ketones is 1. The minimum absolute atomic E-state index is 0.0179. The standard InChI is InChI=1S/C78H140N2O26P2/c1-7-13-18-23-26-29-30-33-36-41-46-51-67(86)99-61(49-45-40-35-32-28-25-20-15-9-3)55-66(85)80-71-75(104-69(88)56-62(50-44-38-22-17-11-5)100-78(90)97-52-12-6)73(105-107(91,92)93)63(57-81)101-76(71)98-58-64-72(89)74(103-68(87)54-60(83)48-42-37-21-16-10-4)70(77(102-64)106-108(94,95)96)79-65(84)53-59(82)47-43-39-34-31-27-24-19-14-8-2/h12,29-30,60-64,70-77,81,83,89H,6-11,13-28,31-58H2,1-5H3,(H,79,84)(H,80,85)(H2,91,92,93)(H2,94,95,96)/b30-29-/t60-,61-,62-,63-,64-,70-,71-,72-,73-,74-,75-,76-,77+/m1/s1. The number of carbonyl (C=O) groups is 7. The third-order valence-corrected chi connectivity index (χ3v) is 20.2. The topological polar surface area (TPSA) is 412 Å². The Kier molecular flexibility index (Phi) is 56.6. The number of rotatable bonds is 67. The number of carbonyl (C=O) groups excluding carboxylic acids is 7. The van der Waals surface area contributed by atoms with Crippen molar-refractivity contribution in [3.05, 3.63) is 24.8 Å². The zero-order chi connectivity index (χ0) is 79.8. The highest BCUT2D eigenvalue weighted by molar-refractivity contribution is 7.46. The smallest absolute Gasteiger partial charge is 0.462 e. The van der Waals surface area contributed by atoms with Crippen molar-refractivity contribution < 1.29 is 125 Å². The summed E-state index contributed by atoms with van der Waals surface area (Å²) in [6.45, 7) is 11.6. The summed E-state index contributed by atoms with van der Waals surface area (Å²) in [4.78, 5) is 139. The fraction of sp³-hybridized carbons (Fsp3) is 0.859. The first-order valence-corrected chi connectivity index (χ1v) is 44.0. The van der Waals surface area contributed by atoms with E-state index in [4.69, 9.17) is 46.9 Å². The lowest BCUT2D eigenvalue weighted by Crippen LogP contribution is -2.68. The SMILES string of the molecule is C=CCOC(=O)O[C@H](CCCCCCC)CC(=O)O[C@@H]1[C@@H](NC(=O)C[C@@H](CCCCCCCCCCC)OC(=O)CCCCC/C=C\CCCCCC)[C@H](OC[C@H]2O[C@@H](OP(=O)(O)O)[C@H](NC(=O)CC(=O)CCCCCCCCCCC)[C@@H](OC(=O)C[C@H](O)CCCCCCC)[C@@H]2O)O[C@H](CO)[C@H]1OP(=O)(O)O. The van der Waals surface area contributed by atoms with Crippen LogP contribution in [0.25, 0.3) is 0 Å². The fourth-order valence-corrected chi connectivity index (χ4v) is 14.2. The van der Waals surface area contributed by atoms with Crippen LogP contribution in [-0.2, 0) is 84.8 Å². The van der Waals surface area contributed by atoms with Gasteiger partial charge in [0.25, 0.3) is 0 Å². The second-order valence-electron chi connectivity index (χ2n) is 29.0. The van der Waals surface area contributed by atoms with Gasteiger partial charge in [-0.15, -0.1) is 0 Å². The van der Waals surface area contributed by atoms with Gasteiger partial charge in [0.1, 0.15) is 61.1 Å². The van der Waals surface area contributed by atoms with E-state index >= 15 is 0 Å². The lowest BCUT2D eigenvalue weighted by atomic mass is 9.95. The largest absolute Gasteiger partial charge is 0.508 e. The Labute approximate surface area is 643 Å². The average molecular weight is 1580 g/mol. The van der Waals surface area contributed by atoms with Gasteiger partial charge in [-0.1, -0.05) is 246 Å². The van der Waals surface area contributed by atoms with E-state index in [1.54, 1.807) is 0 Å². The Hall–Kier alpha value is -4.25. The number of amides is 2. The van der Waals surface area contributed by atoms with Crippen molar-refractivity contribution in [2.45, 2.75) is 410 Å². The van der Waals surface area contributed by atoms with E-state index < -0.39 is 176 Å². The number of hydrogen-bond donors (Lipinski definition) is 9. The molecule has 0 unspecified atom stereocenters. The molecule has 0 aromatic rings. The predicted octanol–water partition coefficient (Wildman–Crippen LogP) is 14.3. The number of nitrogens with one attached hydrogen (secondary N) is 2. The average Bonchev–Trinajstić information content (AvgIpc) is 0.784. The van der Waals surface area contributed by atoms with E-state index in [9.17, 15) is 77.6 Å². The molecule has 628 valence electrons. The van der Waals surface area contributed by atoms with Crippen molar-refractivity contribution in [2.24, 2.45) is 0 Å². The molecule has 2 aliphatic rings. The number of allylic oxidation sites excluding steroid dienone is 2. The van der Waals surface area contributed by atoms with Crippen LogP contribution in [-0.4, -0.2) is 176 Å². The lowest BCUT2D eigenvalue weighted by molar-refractivity contribution is -0.296. The molecule has 28 nitrogen and oxygen atoms in total. The van der Waals surface area contributed by atoms with Gasteiger partial charge in [0, 0.05) is 12.8 Å². The fourth-order valence-electron chi connectivity index (χ4n) is 13.2. The minimum Gasteiger partial charge on any atom is -0.462 e. The van der Waals surface area contributed by atoms with Crippen LogP contribution in [0.15, 0.2) is 24.8 Å². The van der Waals surface area contributed by atoms with Crippen LogP contribution in [0.5, 0.6) is 0 Å². The molecule has 0 aliphatic carbocycles. The van der Waals surface area contributed by atoms with Crippen LogP contribution in [0.2, 0.25) is 0 Å². The molecule has 0 aromatic carbocycles. The zero-order valence-corrected chi connectivity index (χ0v) is 67.7. The monoisotopic (exact) mass is 1580 g/mol. The molecule has 2 aliphatic heterocycles. The Morgan fingerprint density at radius 2 is 0.917 bits per heavy atom. The maximum Gasteiger partial charge on any atom is 0.508 e. The highest BCUT2D eigenvalue weighted by atomic mass is 31.2. The number of ether oxygens (including phenoxy) is 8. The summed E-state index contributed by atoms with van der Waals surface area (Å²) in [5.74, 6) is -5.35. The van der Waals surface area contributed by atoms with Gasteiger partial charge in [0.15, 0.2) is 24.8 Å². The molecule has 108 heavy (non-hydrogen) atoms.